The largest absolute Gasteiger partial charge is 0.416 e. The summed E-state index contributed by atoms with van der Waals surface area (Å²) in [6.45, 7) is 1.04. The van der Waals surface area contributed by atoms with Crippen LogP contribution in [0.5, 0.6) is 5.75 Å². The van der Waals surface area contributed by atoms with E-state index in [9.17, 15) is 26.4 Å². The lowest BCUT2D eigenvalue weighted by Crippen LogP contribution is -2.54. The highest BCUT2D eigenvalue weighted by molar-refractivity contribution is 7.87. The number of halogens is 3. The topological polar surface area (TPSA) is 72.9 Å². The van der Waals surface area contributed by atoms with Gasteiger partial charge in [0.1, 0.15) is 10.6 Å². The lowest BCUT2D eigenvalue weighted by atomic mass is 9.49. The van der Waals surface area contributed by atoms with E-state index in [2.05, 4.69) is 0 Å². The number of rotatable bonds is 9. The predicted octanol–water partition coefficient (Wildman–Crippen LogP) is 5.66. The molecule has 4 aliphatic rings. The van der Waals surface area contributed by atoms with Crippen LogP contribution in [0, 0.1) is 23.2 Å². The van der Waals surface area contributed by atoms with Crippen LogP contribution in [0.1, 0.15) is 49.7 Å². The van der Waals surface area contributed by atoms with Gasteiger partial charge in [-0.2, -0.15) is 21.6 Å². The number of alkyl halides is 3. The van der Waals surface area contributed by atoms with Crippen LogP contribution in [-0.2, 0) is 32.4 Å². The number of hydrogen-bond acceptors (Lipinski definition) is 5. The maximum atomic E-state index is 14.0. The van der Waals surface area contributed by atoms with E-state index in [0.717, 1.165) is 37.5 Å². The highest BCUT2D eigenvalue weighted by Gasteiger charge is 2.55. The number of hydrogen-bond donors (Lipinski definition) is 0. The second-order valence-electron chi connectivity index (χ2n) is 11.1. The summed E-state index contributed by atoms with van der Waals surface area (Å²) < 4.78 is 75.2. The van der Waals surface area contributed by atoms with Crippen LogP contribution < -0.4 is 4.18 Å². The monoisotopic (exact) mass is 551 g/mol. The number of carbonyl (C=O) groups excluding carboxylic acids is 1. The molecule has 6 rings (SSSR count). The van der Waals surface area contributed by atoms with Crippen molar-refractivity contribution in [2.24, 2.45) is 23.2 Å². The Morgan fingerprint density at radius 2 is 1.63 bits per heavy atom. The Bertz CT molecular complexity index is 1260. The van der Waals surface area contributed by atoms with Crippen molar-refractivity contribution in [2.45, 2.75) is 56.1 Å². The van der Waals surface area contributed by atoms with Gasteiger partial charge in [-0.1, -0.05) is 18.2 Å². The summed E-state index contributed by atoms with van der Waals surface area (Å²) in [4.78, 5) is 15.2. The minimum Gasteiger partial charge on any atom is -0.383 e. The van der Waals surface area contributed by atoms with E-state index in [-0.39, 0.29) is 23.6 Å². The fraction of sp³-hybridized carbons (Fsp3) is 0.536. The van der Waals surface area contributed by atoms with Crippen molar-refractivity contribution in [3.05, 3.63) is 59.7 Å². The molecule has 0 unspecified atom stereocenters. The third kappa shape index (κ3) is 5.57. The summed E-state index contributed by atoms with van der Waals surface area (Å²) in [5, 5.41) is 0. The number of amides is 1. The molecule has 0 spiro atoms. The molecule has 4 bridgehead atoms. The smallest absolute Gasteiger partial charge is 0.383 e. The Hall–Kier alpha value is -2.59. The van der Waals surface area contributed by atoms with Crippen LogP contribution >= 0.6 is 0 Å². The van der Waals surface area contributed by atoms with Crippen molar-refractivity contribution < 1.29 is 35.3 Å². The Balaban J connectivity index is 1.34. The van der Waals surface area contributed by atoms with Crippen molar-refractivity contribution in [1.29, 1.82) is 0 Å². The average molecular weight is 552 g/mol. The standard InChI is InChI=1S/C28H32F3NO5S/c1-36-9-8-32(26(33)27-15-20-10-21(16-27)12-22(11-20)17-27)18-19-4-2-6-24(13-19)37-38(34,35)25-7-3-5-23(14-25)28(29,30)31/h2-7,13-14,20-22H,8-12,15-18H2,1H3. The third-order valence-electron chi connectivity index (χ3n) is 8.27. The molecule has 2 aromatic carbocycles. The molecule has 10 heteroatoms. The van der Waals surface area contributed by atoms with E-state index in [0.29, 0.717) is 42.5 Å². The molecule has 4 aliphatic carbocycles. The van der Waals surface area contributed by atoms with Gasteiger partial charge in [0.2, 0.25) is 5.91 Å². The molecule has 2 aromatic rings. The molecule has 0 saturated heterocycles. The predicted molar refractivity (Wildman–Crippen MR) is 134 cm³/mol. The third-order valence-corrected chi connectivity index (χ3v) is 9.52. The van der Waals surface area contributed by atoms with Crippen LogP contribution in [0.25, 0.3) is 0 Å². The number of methoxy groups -OCH3 is 1. The molecule has 4 fully saturated rings. The van der Waals surface area contributed by atoms with Crippen molar-refractivity contribution >= 4 is 16.0 Å². The molecular formula is C28H32F3NO5S. The van der Waals surface area contributed by atoms with Crippen molar-refractivity contribution in [1.82, 2.24) is 4.90 Å². The fourth-order valence-electron chi connectivity index (χ4n) is 7.08. The normalized spacial score (nSPS) is 26.4. The molecule has 38 heavy (non-hydrogen) atoms. The first-order valence-electron chi connectivity index (χ1n) is 13.0. The van der Waals surface area contributed by atoms with Gasteiger partial charge in [-0.15, -0.1) is 0 Å². The number of benzene rings is 2. The van der Waals surface area contributed by atoms with Gasteiger partial charge in [0.25, 0.3) is 0 Å². The fourth-order valence-corrected chi connectivity index (χ4v) is 8.05. The van der Waals surface area contributed by atoms with E-state index < -0.39 is 26.8 Å². The molecule has 0 radical (unpaired) electrons. The van der Waals surface area contributed by atoms with Gasteiger partial charge in [0.05, 0.1) is 17.6 Å². The molecule has 0 N–H and O–H groups in total. The van der Waals surface area contributed by atoms with Crippen LogP contribution in [0.4, 0.5) is 13.2 Å². The zero-order valence-electron chi connectivity index (χ0n) is 21.2. The molecule has 0 heterocycles. The highest BCUT2D eigenvalue weighted by atomic mass is 32.2. The molecule has 0 aromatic heterocycles. The average Bonchev–Trinajstić information content (AvgIpc) is 2.85. The molecule has 4 saturated carbocycles. The first-order valence-corrected chi connectivity index (χ1v) is 14.4. The zero-order valence-corrected chi connectivity index (χ0v) is 22.1. The maximum Gasteiger partial charge on any atom is 0.416 e. The van der Waals surface area contributed by atoms with E-state index in [4.69, 9.17) is 8.92 Å². The molecule has 0 aliphatic heterocycles. The lowest BCUT2D eigenvalue weighted by molar-refractivity contribution is -0.159. The molecule has 0 atom stereocenters. The van der Waals surface area contributed by atoms with Crippen LogP contribution in [0.15, 0.2) is 53.4 Å². The summed E-state index contributed by atoms with van der Waals surface area (Å²) >= 11 is 0. The quantitative estimate of drug-likeness (QED) is 0.376. The van der Waals surface area contributed by atoms with Crippen LogP contribution in [-0.4, -0.2) is 39.5 Å². The van der Waals surface area contributed by atoms with Gasteiger partial charge < -0.3 is 13.8 Å². The van der Waals surface area contributed by atoms with Gasteiger partial charge in [-0.25, -0.2) is 0 Å². The Kier molecular flexibility index (Phi) is 7.24. The van der Waals surface area contributed by atoms with Gasteiger partial charge >= 0.3 is 16.3 Å². The minimum absolute atomic E-state index is 0.0335. The minimum atomic E-state index is -4.68. The summed E-state index contributed by atoms with van der Waals surface area (Å²) in [7, 11) is -2.92. The summed E-state index contributed by atoms with van der Waals surface area (Å²) in [5.41, 5.74) is -0.743. The van der Waals surface area contributed by atoms with E-state index in [1.807, 2.05) is 0 Å². The maximum absolute atomic E-state index is 14.0. The van der Waals surface area contributed by atoms with Gasteiger partial charge in [0, 0.05) is 20.2 Å². The summed E-state index contributed by atoms with van der Waals surface area (Å²) in [6, 6.07) is 9.76. The molecule has 206 valence electrons. The number of carbonyl (C=O) groups is 1. The van der Waals surface area contributed by atoms with E-state index >= 15 is 0 Å². The molecule has 1 amide bonds. The van der Waals surface area contributed by atoms with Gasteiger partial charge in [-0.05, 0) is 92.2 Å². The SMILES string of the molecule is COCCN(Cc1cccc(OS(=O)(=O)c2cccc(C(F)(F)F)c2)c1)C(=O)C12CC3CC(CC(C3)C1)C2. The van der Waals surface area contributed by atoms with Crippen LogP contribution in [0.3, 0.4) is 0 Å². The zero-order chi connectivity index (χ0) is 27.1. The first-order chi connectivity index (χ1) is 18.0. The lowest BCUT2D eigenvalue weighted by Gasteiger charge is -2.56. The van der Waals surface area contributed by atoms with Gasteiger partial charge in [-0.3, -0.25) is 4.79 Å². The molecular weight excluding hydrogens is 519 g/mol. The van der Waals surface area contributed by atoms with Crippen molar-refractivity contribution in [2.75, 3.05) is 20.3 Å². The second-order valence-corrected chi connectivity index (χ2v) is 12.7. The number of ether oxygens (including phenoxy) is 1. The van der Waals surface area contributed by atoms with E-state index in [1.54, 1.807) is 24.1 Å². The van der Waals surface area contributed by atoms with Gasteiger partial charge in [0.15, 0.2) is 0 Å². The Labute approximate surface area is 221 Å². The summed E-state index contributed by atoms with van der Waals surface area (Å²) in [5.74, 6) is 1.96. The number of nitrogens with zero attached hydrogens (tertiary/aromatic N) is 1. The second kappa shape index (κ2) is 10.2. The van der Waals surface area contributed by atoms with Crippen molar-refractivity contribution in [3.8, 4) is 5.75 Å². The first kappa shape index (κ1) is 27.0. The molecule has 6 nitrogen and oxygen atoms in total. The summed E-state index contributed by atoms with van der Waals surface area (Å²) in [6.07, 6.45) is 1.79. The Morgan fingerprint density at radius 3 is 2.24 bits per heavy atom. The highest BCUT2D eigenvalue weighted by Crippen LogP contribution is 2.60. The van der Waals surface area contributed by atoms with E-state index in [1.165, 1.54) is 31.4 Å². The van der Waals surface area contributed by atoms with Crippen molar-refractivity contribution in [3.63, 3.8) is 0 Å². The Morgan fingerprint density at radius 1 is 1.00 bits per heavy atom. The van der Waals surface area contributed by atoms with Crippen LogP contribution in [0.2, 0.25) is 0 Å².